The zero-order valence-electron chi connectivity index (χ0n) is 9.53. The summed E-state index contributed by atoms with van der Waals surface area (Å²) in [4.78, 5) is 23.2. The molecule has 90 valence electrons. The van der Waals surface area contributed by atoms with E-state index in [-0.39, 0.29) is 12.6 Å². The van der Waals surface area contributed by atoms with Crippen LogP contribution in [0, 0.1) is 11.3 Å². The van der Waals surface area contributed by atoms with Gasteiger partial charge in [0.05, 0.1) is 0 Å². The first kappa shape index (κ1) is 11.2. The molecule has 0 aromatic heterocycles. The predicted octanol–water partition coefficient (Wildman–Crippen LogP) is 0.903. The molecule has 2 fully saturated rings. The van der Waals surface area contributed by atoms with E-state index in [1.165, 1.54) is 37.6 Å². The third-order valence-electron chi connectivity index (χ3n) is 3.65. The zero-order chi connectivity index (χ0) is 11.8. The van der Waals surface area contributed by atoms with Crippen molar-refractivity contribution in [2.45, 2.75) is 25.7 Å². The monoisotopic (exact) mass is 226 g/mol. The molecule has 5 heteroatoms. The standard InChI is InChI=1S/C11H18N2O3/c1-13(6-9(14)15)10(16)12-7-11(4-5-11)8-2-3-8/h8H,2-7H2,1H3,(H,12,16)(H,14,15). The van der Waals surface area contributed by atoms with Crippen LogP contribution < -0.4 is 5.32 Å². The van der Waals surface area contributed by atoms with Crippen LogP contribution in [0.15, 0.2) is 0 Å². The van der Waals surface area contributed by atoms with Crippen molar-refractivity contribution in [3.05, 3.63) is 0 Å². The van der Waals surface area contributed by atoms with Crippen LogP contribution in [0.2, 0.25) is 0 Å². The maximum Gasteiger partial charge on any atom is 0.323 e. The molecule has 0 radical (unpaired) electrons. The first-order chi connectivity index (χ1) is 7.53. The number of amides is 2. The second-order valence-corrected chi connectivity index (χ2v) is 5.05. The highest BCUT2D eigenvalue weighted by Crippen LogP contribution is 2.60. The number of nitrogens with one attached hydrogen (secondary N) is 1. The maximum absolute atomic E-state index is 11.5. The van der Waals surface area contributed by atoms with Crippen LogP contribution in [0.1, 0.15) is 25.7 Å². The Morgan fingerprint density at radius 2 is 2.06 bits per heavy atom. The Labute approximate surface area is 94.8 Å². The fourth-order valence-electron chi connectivity index (χ4n) is 2.25. The molecule has 2 rings (SSSR count). The van der Waals surface area contributed by atoms with Gasteiger partial charge in [0.2, 0.25) is 0 Å². The number of carboxylic acids is 1. The van der Waals surface area contributed by atoms with Crippen molar-refractivity contribution >= 4 is 12.0 Å². The number of carbonyl (C=O) groups excluding carboxylic acids is 1. The summed E-state index contributed by atoms with van der Waals surface area (Å²) in [6.45, 7) is 0.461. The minimum absolute atomic E-state index is 0.248. The van der Waals surface area contributed by atoms with E-state index in [9.17, 15) is 9.59 Å². The van der Waals surface area contributed by atoms with Gasteiger partial charge in [0, 0.05) is 13.6 Å². The summed E-state index contributed by atoms with van der Waals surface area (Å²) in [6, 6.07) is -0.283. The summed E-state index contributed by atoms with van der Waals surface area (Å²) in [7, 11) is 1.50. The molecule has 0 saturated heterocycles. The predicted molar refractivity (Wildman–Crippen MR) is 58.1 cm³/mol. The molecule has 0 atom stereocenters. The van der Waals surface area contributed by atoms with Gasteiger partial charge < -0.3 is 15.3 Å². The molecule has 0 aromatic rings. The molecule has 0 aromatic carbocycles. The number of hydrogen-bond acceptors (Lipinski definition) is 2. The first-order valence-electron chi connectivity index (χ1n) is 5.74. The third kappa shape index (κ3) is 2.46. The first-order valence-corrected chi connectivity index (χ1v) is 5.74. The highest BCUT2D eigenvalue weighted by molar-refractivity contribution is 5.79. The van der Waals surface area contributed by atoms with Gasteiger partial charge in [-0.3, -0.25) is 4.79 Å². The molecule has 0 heterocycles. The number of likely N-dealkylation sites (N-methyl/N-ethyl adjacent to an activating group) is 1. The SMILES string of the molecule is CN(CC(=O)O)C(=O)NCC1(C2CC2)CC1. The average molecular weight is 226 g/mol. The number of nitrogens with zero attached hydrogens (tertiary/aromatic N) is 1. The van der Waals surface area contributed by atoms with Crippen LogP contribution in [-0.4, -0.2) is 42.1 Å². The van der Waals surface area contributed by atoms with E-state index >= 15 is 0 Å². The van der Waals surface area contributed by atoms with Gasteiger partial charge in [-0.2, -0.15) is 0 Å². The highest BCUT2D eigenvalue weighted by atomic mass is 16.4. The van der Waals surface area contributed by atoms with Crippen molar-refractivity contribution in [3.8, 4) is 0 Å². The molecule has 0 unspecified atom stereocenters. The number of aliphatic carboxylic acids is 1. The Morgan fingerprint density at radius 3 is 2.50 bits per heavy atom. The molecule has 0 spiro atoms. The van der Waals surface area contributed by atoms with Gasteiger partial charge in [-0.15, -0.1) is 0 Å². The fraction of sp³-hybridized carbons (Fsp3) is 0.818. The molecule has 0 bridgehead atoms. The summed E-state index contributed by atoms with van der Waals surface area (Å²) >= 11 is 0. The number of hydrogen-bond donors (Lipinski definition) is 2. The van der Waals surface area contributed by atoms with Crippen molar-refractivity contribution in [2.24, 2.45) is 11.3 Å². The number of rotatable bonds is 5. The molecule has 0 aliphatic heterocycles. The van der Waals surface area contributed by atoms with E-state index in [4.69, 9.17) is 5.11 Å². The summed E-state index contributed by atoms with van der Waals surface area (Å²) in [5, 5.41) is 11.4. The van der Waals surface area contributed by atoms with Crippen molar-refractivity contribution in [1.29, 1.82) is 0 Å². The smallest absolute Gasteiger partial charge is 0.323 e. The van der Waals surface area contributed by atoms with Gasteiger partial charge in [0.15, 0.2) is 0 Å². The van der Waals surface area contributed by atoms with E-state index in [1.807, 2.05) is 0 Å². The van der Waals surface area contributed by atoms with E-state index in [0.29, 0.717) is 12.0 Å². The van der Waals surface area contributed by atoms with Crippen LogP contribution in [0.3, 0.4) is 0 Å². The van der Waals surface area contributed by atoms with Crippen LogP contribution >= 0.6 is 0 Å². The summed E-state index contributed by atoms with van der Waals surface area (Å²) < 4.78 is 0. The third-order valence-corrected chi connectivity index (χ3v) is 3.65. The number of carboxylic acid groups (broad SMARTS) is 1. The Kier molecular flexibility index (Phi) is 2.78. The average Bonchev–Trinajstić information content (AvgIpc) is 3.03. The van der Waals surface area contributed by atoms with Crippen molar-refractivity contribution in [1.82, 2.24) is 10.2 Å². The van der Waals surface area contributed by atoms with E-state index < -0.39 is 5.97 Å². The van der Waals surface area contributed by atoms with Crippen LogP contribution in [-0.2, 0) is 4.79 Å². The Morgan fingerprint density at radius 1 is 1.44 bits per heavy atom. The number of urea groups is 1. The minimum atomic E-state index is -0.985. The topological polar surface area (TPSA) is 69.6 Å². The molecule has 2 aliphatic carbocycles. The van der Waals surface area contributed by atoms with Gasteiger partial charge >= 0.3 is 12.0 Å². The van der Waals surface area contributed by atoms with Crippen LogP contribution in [0.5, 0.6) is 0 Å². The molecule has 2 amide bonds. The quantitative estimate of drug-likeness (QED) is 0.731. The van der Waals surface area contributed by atoms with Gasteiger partial charge in [-0.1, -0.05) is 0 Å². The van der Waals surface area contributed by atoms with Gasteiger partial charge in [-0.05, 0) is 37.0 Å². The zero-order valence-corrected chi connectivity index (χ0v) is 9.53. The lowest BCUT2D eigenvalue weighted by Gasteiger charge is -2.19. The van der Waals surface area contributed by atoms with E-state index in [1.54, 1.807) is 0 Å². The minimum Gasteiger partial charge on any atom is -0.480 e. The van der Waals surface area contributed by atoms with Gasteiger partial charge in [0.25, 0.3) is 0 Å². The Bertz CT molecular complexity index is 308. The van der Waals surface area contributed by atoms with E-state index in [2.05, 4.69) is 5.32 Å². The van der Waals surface area contributed by atoms with E-state index in [0.717, 1.165) is 5.92 Å². The van der Waals surface area contributed by atoms with Crippen molar-refractivity contribution in [2.75, 3.05) is 20.1 Å². The summed E-state index contributed by atoms with van der Waals surface area (Å²) in [5.41, 5.74) is 0.361. The molecular formula is C11H18N2O3. The second-order valence-electron chi connectivity index (χ2n) is 5.05. The van der Waals surface area contributed by atoms with Gasteiger partial charge in [0.1, 0.15) is 6.54 Å². The molecule has 2 N–H and O–H groups in total. The lowest BCUT2D eigenvalue weighted by atomic mass is 10.0. The lowest BCUT2D eigenvalue weighted by molar-refractivity contribution is -0.137. The lowest BCUT2D eigenvalue weighted by Crippen LogP contribution is -2.42. The molecular weight excluding hydrogens is 208 g/mol. The highest BCUT2D eigenvalue weighted by Gasteiger charge is 2.53. The largest absolute Gasteiger partial charge is 0.480 e. The summed E-state index contributed by atoms with van der Waals surface area (Å²) in [5.74, 6) is -0.182. The molecule has 16 heavy (non-hydrogen) atoms. The van der Waals surface area contributed by atoms with Crippen molar-refractivity contribution in [3.63, 3.8) is 0 Å². The van der Waals surface area contributed by atoms with Crippen LogP contribution in [0.4, 0.5) is 4.79 Å². The fourth-order valence-corrected chi connectivity index (χ4v) is 2.25. The van der Waals surface area contributed by atoms with Crippen molar-refractivity contribution < 1.29 is 14.7 Å². The second kappa shape index (κ2) is 3.96. The summed E-state index contributed by atoms with van der Waals surface area (Å²) in [6.07, 6.45) is 5.00. The Hall–Kier alpha value is -1.26. The number of carbonyl (C=O) groups is 2. The molecule has 2 saturated carbocycles. The Balaban J connectivity index is 1.73. The van der Waals surface area contributed by atoms with Gasteiger partial charge in [-0.25, -0.2) is 4.79 Å². The normalized spacial score (nSPS) is 21.3. The van der Waals surface area contributed by atoms with Crippen LogP contribution in [0.25, 0.3) is 0 Å². The molecule has 2 aliphatic rings. The maximum atomic E-state index is 11.5. The molecule has 5 nitrogen and oxygen atoms in total.